The molecule has 2 N–H and O–H groups in total. The minimum Gasteiger partial charge on any atom is -0.455 e. The predicted octanol–water partition coefficient (Wildman–Crippen LogP) is 3.68. The third-order valence-corrected chi connectivity index (χ3v) is 3.06. The van der Waals surface area contributed by atoms with Gasteiger partial charge in [0.2, 0.25) is 0 Å². The third-order valence-electron chi connectivity index (χ3n) is 3.06. The smallest absolute Gasteiger partial charge is 0.150 e. The summed E-state index contributed by atoms with van der Waals surface area (Å²) in [6, 6.07) is 10.1. The van der Waals surface area contributed by atoms with Crippen LogP contribution >= 0.6 is 0 Å². The molecular weight excluding hydrogens is 236 g/mol. The Hall–Kier alpha value is -1.87. The average molecular weight is 256 g/mol. The fourth-order valence-electron chi connectivity index (χ4n) is 1.90. The molecule has 0 bridgehead atoms. The van der Waals surface area contributed by atoms with E-state index in [-0.39, 0.29) is 0 Å². The van der Waals surface area contributed by atoms with Crippen LogP contribution in [-0.4, -0.2) is 4.98 Å². The molecule has 0 aliphatic carbocycles. The molecule has 1 heterocycles. The van der Waals surface area contributed by atoms with Crippen molar-refractivity contribution in [1.29, 1.82) is 0 Å². The van der Waals surface area contributed by atoms with Gasteiger partial charge in [-0.1, -0.05) is 25.5 Å². The highest BCUT2D eigenvalue weighted by Crippen LogP contribution is 2.24. The number of aromatic nitrogens is 1. The monoisotopic (exact) mass is 256 g/mol. The van der Waals surface area contributed by atoms with Crippen molar-refractivity contribution in [2.45, 2.75) is 32.7 Å². The summed E-state index contributed by atoms with van der Waals surface area (Å²) in [5.74, 6) is 1.55. The number of hydrogen-bond donors (Lipinski definition) is 1. The summed E-state index contributed by atoms with van der Waals surface area (Å²) in [5.41, 5.74) is 7.99. The maximum absolute atomic E-state index is 5.82. The number of nitrogens with two attached hydrogens (primary N) is 1. The number of pyridine rings is 1. The van der Waals surface area contributed by atoms with Crippen molar-refractivity contribution in [3.8, 4) is 11.5 Å². The Labute approximate surface area is 114 Å². The van der Waals surface area contributed by atoms with E-state index in [4.69, 9.17) is 10.5 Å². The number of rotatable bonds is 6. The zero-order valence-electron chi connectivity index (χ0n) is 11.3. The lowest BCUT2D eigenvalue weighted by Gasteiger charge is -2.09. The summed E-state index contributed by atoms with van der Waals surface area (Å²) in [4.78, 5) is 4.07. The van der Waals surface area contributed by atoms with Crippen molar-refractivity contribution in [3.05, 3.63) is 53.9 Å². The predicted molar refractivity (Wildman–Crippen MR) is 77.3 cm³/mol. The first kappa shape index (κ1) is 13.6. The molecule has 100 valence electrons. The summed E-state index contributed by atoms with van der Waals surface area (Å²) in [5, 5.41) is 0. The summed E-state index contributed by atoms with van der Waals surface area (Å²) >= 11 is 0. The fourth-order valence-corrected chi connectivity index (χ4v) is 1.90. The summed E-state index contributed by atoms with van der Waals surface area (Å²) in [7, 11) is 0. The van der Waals surface area contributed by atoms with Crippen LogP contribution in [0, 0.1) is 0 Å². The van der Waals surface area contributed by atoms with E-state index in [0.29, 0.717) is 6.54 Å². The van der Waals surface area contributed by atoms with Gasteiger partial charge in [-0.05, 0) is 36.6 Å². The molecule has 19 heavy (non-hydrogen) atoms. The second-order valence-electron chi connectivity index (χ2n) is 4.54. The lowest BCUT2D eigenvalue weighted by atomic mass is 10.1. The maximum Gasteiger partial charge on any atom is 0.150 e. The zero-order valence-corrected chi connectivity index (χ0v) is 11.3. The van der Waals surface area contributed by atoms with Crippen molar-refractivity contribution in [2.24, 2.45) is 5.73 Å². The van der Waals surface area contributed by atoms with E-state index in [0.717, 1.165) is 23.5 Å². The van der Waals surface area contributed by atoms with Crippen LogP contribution in [0.1, 0.15) is 30.9 Å². The van der Waals surface area contributed by atoms with Crippen LogP contribution in [0.3, 0.4) is 0 Å². The van der Waals surface area contributed by atoms with Gasteiger partial charge in [0, 0.05) is 18.3 Å². The van der Waals surface area contributed by atoms with Gasteiger partial charge in [-0.2, -0.15) is 0 Å². The Kier molecular flexibility index (Phi) is 4.93. The van der Waals surface area contributed by atoms with Crippen LogP contribution in [0.4, 0.5) is 0 Å². The second-order valence-corrected chi connectivity index (χ2v) is 4.54. The minimum absolute atomic E-state index is 0.451. The Morgan fingerprint density at radius 1 is 1.16 bits per heavy atom. The van der Waals surface area contributed by atoms with Gasteiger partial charge in [0.15, 0.2) is 0 Å². The van der Waals surface area contributed by atoms with Crippen LogP contribution in [0.15, 0.2) is 42.7 Å². The van der Waals surface area contributed by atoms with Crippen LogP contribution in [0.2, 0.25) is 0 Å². The van der Waals surface area contributed by atoms with Crippen molar-refractivity contribution in [3.63, 3.8) is 0 Å². The highest BCUT2D eigenvalue weighted by Gasteiger charge is 2.03. The number of benzene rings is 1. The molecule has 0 aliphatic heterocycles. The lowest BCUT2D eigenvalue weighted by Crippen LogP contribution is -1.99. The molecule has 0 amide bonds. The highest BCUT2D eigenvalue weighted by molar-refractivity contribution is 5.36. The normalized spacial score (nSPS) is 10.4. The van der Waals surface area contributed by atoms with Gasteiger partial charge in [0.1, 0.15) is 11.5 Å². The third kappa shape index (κ3) is 3.80. The van der Waals surface area contributed by atoms with Gasteiger partial charge in [0.05, 0.1) is 6.20 Å². The first-order valence-corrected chi connectivity index (χ1v) is 6.73. The van der Waals surface area contributed by atoms with Crippen molar-refractivity contribution < 1.29 is 4.74 Å². The molecule has 0 radical (unpaired) electrons. The molecule has 3 nitrogen and oxygen atoms in total. The Bertz CT molecular complexity index is 508. The van der Waals surface area contributed by atoms with E-state index in [1.54, 1.807) is 12.4 Å². The molecular formula is C16H20N2O. The van der Waals surface area contributed by atoms with Crippen LogP contribution < -0.4 is 10.5 Å². The van der Waals surface area contributed by atoms with E-state index in [1.165, 1.54) is 18.4 Å². The second kappa shape index (κ2) is 6.90. The molecule has 0 saturated carbocycles. The Balaban J connectivity index is 2.06. The average Bonchev–Trinajstić information content (AvgIpc) is 2.47. The summed E-state index contributed by atoms with van der Waals surface area (Å²) < 4.78 is 5.82. The van der Waals surface area contributed by atoms with E-state index < -0.39 is 0 Å². The molecule has 0 aliphatic rings. The molecule has 1 aromatic heterocycles. The molecule has 0 saturated heterocycles. The standard InChI is InChI=1S/C16H20N2O/c1-2-3-4-13-5-7-15(8-6-13)19-16-12-18-10-9-14(16)11-17/h5-10,12H,2-4,11,17H2,1H3. The van der Waals surface area contributed by atoms with Gasteiger partial charge in [-0.15, -0.1) is 0 Å². The number of unbranched alkanes of at least 4 members (excludes halogenated alkanes) is 1. The first-order chi connectivity index (χ1) is 9.33. The largest absolute Gasteiger partial charge is 0.455 e. The number of aryl methyl sites for hydroxylation is 1. The molecule has 2 aromatic rings. The van der Waals surface area contributed by atoms with Gasteiger partial charge in [-0.25, -0.2) is 0 Å². The zero-order chi connectivity index (χ0) is 13.5. The lowest BCUT2D eigenvalue weighted by molar-refractivity contribution is 0.473. The van der Waals surface area contributed by atoms with Gasteiger partial charge < -0.3 is 10.5 Å². The van der Waals surface area contributed by atoms with E-state index >= 15 is 0 Å². The molecule has 0 unspecified atom stereocenters. The van der Waals surface area contributed by atoms with Crippen LogP contribution in [0.25, 0.3) is 0 Å². The van der Waals surface area contributed by atoms with Crippen molar-refractivity contribution in [2.75, 3.05) is 0 Å². The maximum atomic E-state index is 5.82. The minimum atomic E-state index is 0.451. The van der Waals surface area contributed by atoms with E-state index in [2.05, 4.69) is 24.0 Å². The Morgan fingerprint density at radius 3 is 2.63 bits per heavy atom. The van der Waals surface area contributed by atoms with Gasteiger partial charge in [0.25, 0.3) is 0 Å². The Morgan fingerprint density at radius 2 is 1.95 bits per heavy atom. The molecule has 3 heteroatoms. The number of ether oxygens (including phenoxy) is 1. The van der Waals surface area contributed by atoms with Crippen LogP contribution in [-0.2, 0) is 13.0 Å². The fraction of sp³-hybridized carbons (Fsp3) is 0.312. The van der Waals surface area contributed by atoms with E-state index in [1.807, 2.05) is 18.2 Å². The number of hydrogen-bond acceptors (Lipinski definition) is 3. The van der Waals surface area contributed by atoms with Crippen LogP contribution in [0.5, 0.6) is 11.5 Å². The van der Waals surface area contributed by atoms with Gasteiger partial charge >= 0.3 is 0 Å². The summed E-state index contributed by atoms with van der Waals surface area (Å²) in [6.07, 6.45) is 6.99. The quantitative estimate of drug-likeness (QED) is 0.857. The molecule has 0 fully saturated rings. The van der Waals surface area contributed by atoms with Gasteiger partial charge in [-0.3, -0.25) is 4.98 Å². The van der Waals surface area contributed by atoms with Crippen molar-refractivity contribution >= 4 is 0 Å². The SMILES string of the molecule is CCCCc1ccc(Oc2cnccc2CN)cc1. The first-order valence-electron chi connectivity index (χ1n) is 6.73. The van der Waals surface area contributed by atoms with E-state index in [9.17, 15) is 0 Å². The topological polar surface area (TPSA) is 48.1 Å². The highest BCUT2D eigenvalue weighted by atomic mass is 16.5. The molecule has 2 rings (SSSR count). The molecule has 1 aromatic carbocycles. The number of nitrogens with zero attached hydrogens (tertiary/aromatic N) is 1. The summed E-state index contributed by atoms with van der Waals surface area (Å²) in [6.45, 7) is 2.65. The molecule has 0 spiro atoms. The van der Waals surface area contributed by atoms with Crippen molar-refractivity contribution in [1.82, 2.24) is 4.98 Å². The molecule has 0 atom stereocenters.